The normalized spacial score (nSPS) is 37.8. The quantitative estimate of drug-likeness (QED) is 0.679. The van der Waals surface area contributed by atoms with Gasteiger partial charge in [-0.25, -0.2) is 0 Å². The second-order valence-corrected chi connectivity index (χ2v) is 5.47. The second-order valence-electron chi connectivity index (χ2n) is 5.47. The largest absolute Gasteiger partial charge is 0.378 e. The number of rotatable bonds is 3. The molecule has 88 valence electrons. The van der Waals surface area contributed by atoms with Crippen molar-refractivity contribution in [2.75, 3.05) is 6.61 Å². The number of ether oxygens (including phenoxy) is 1. The maximum absolute atomic E-state index is 5.91. The number of hydrogen-bond donors (Lipinski definition) is 0. The van der Waals surface area contributed by atoms with Crippen LogP contribution in [-0.2, 0) is 4.74 Å². The van der Waals surface area contributed by atoms with Crippen LogP contribution in [0.2, 0.25) is 0 Å². The molecule has 0 amide bonds. The van der Waals surface area contributed by atoms with Crippen LogP contribution in [0, 0.1) is 11.8 Å². The van der Waals surface area contributed by atoms with Crippen molar-refractivity contribution >= 4 is 0 Å². The molecule has 1 nitrogen and oxygen atoms in total. The molecule has 0 radical (unpaired) electrons. The predicted octanol–water partition coefficient (Wildman–Crippen LogP) is 4.16. The van der Waals surface area contributed by atoms with E-state index in [1.807, 2.05) is 0 Å². The Morgan fingerprint density at radius 1 is 1.00 bits per heavy atom. The van der Waals surface area contributed by atoms with Crippen molar-refractivity contribution in [1.82, 2.24) is 0 Å². The Labute approximate surface area is 94.6 Å². The van der Waals surface area contributed by atoms with Gasteiger partial charge in [-0.1, -0.05) is 32.6 Å². The molecule has 1 unspecified atom stereocenters. The summed E-state index contributed by atoms with van der Waals surface area (Å²) in [4.78, 5) is 0. The molecule has 0 spiro atoms. The van der Waals surface area contributed by atoms with Crippen molar-refractivity contribution in [1.29, 1.82) is 0 Å². The van der Waals surface area contributed by atoms with Crippen LogP contribution in [0.5, 0.6) is 0 Å². The highest BCUT2D eigenvalue weighted by Crippen LogP contribution is 2.36. The van der Waals surface area contributed by atoms with Crippen molar-refractivity contribution in [3.05, 3.63) is 0 Å². The zero-order chi connectivity index (χ0) is 10.5. The van der Waals surface area contributed by atoms with Gasteiger partial charge >= 0.3 is 0 Å². The smallest absolute Gasteiger partial charge is 0.0603 e. The Kier molecular flexibility index (Phi) is 4.49. The third-order valence-electron chi connectivity index (χ3n) is 4.33. The van der Waals surface area contributed by atoms with Gasteiger partial charge in [-0.2, -0.15) is 0 Å². The molecular weight excluding hydrogens is 184 g/mol. The van der Waals surface area contributed by atoms with E-state index in [-0.39, 0.29) is 0 Å². The van der Waals surface area contributed by atoms with E-state index in [0.717, 1.165) is 18.4 Å². The standard InChI is InChI=1S/C14H26O/c1-2-5-12-7-9-13(10-8-12)14-6-3-4-11-15-14/h12-14H,2-11H2,1H3. The molecule has 1 saturated heterocycles. The molecule has 1 heteroatoms. The molecular formula is C14H26O. The molecule has 2 rings (SSSR count). The van der Waals surface area contributed by atoms with Crippen LogP contribution in [0.3, 0.4) is 0 Å². The van der Waals surface area contributed by atoms with Gasteiger partial charge in [-0.05, 0) is 43.9 Å². The summed E-state index contributed by atoms with van der Waals surface area (Å²) >= 11 is 0. The summed E-state index contributed by atoms with van der Waals surface area (Å²) in [5, 5.41) is 0. The monoisotopic (exact) mass is 210 g/mol. The molecule has 0 bridgehead atoms. The molecule has 1 atom stereocenters. The van der Waals surface area contributed by atoms with Crippen molar-refractivity contribution in [2.24, 2.45) is 11.8 Å². The average molecular weight is 210 g/mol. The fourth-order valence-electron chi connectivity index (χ4n) is 3.39. The summed E-state index contributed by atoms with van der Waals surface area (Å²) in [6, 6.07) is 0. The molecule has 2 aliphatic rings. The molecule has 1 aliphatic heterocycles. The third-order valence-corrected chi connectivity index (χ3v) is 4.33. The Balaban J connectivity index is 1.72. The first-order valence-electron chi connectivity index (χ1n) is 7.01. The molecule has 2 fully saturated rings. The van der Waals surface area contributed by atoms with E-state index in [2.05, 4.69) is 6.92 Å². The summed E-state index contributed by atoms with van der Waals surface area (Å²) in [6.07, 6.45) is 13.3. The second kappa shape index (κ2) is 5.89. The Morgan fingerprint density at radius 3 is 2.40 bits per heavy atom. The zero-order valence-corrected chi connectivity index (χ0v) is 10.2. The Morgan fingerprint density at radius 2 is 1.80 bits per heavy atom. The Bertz CT molecular complexity index is 164. The molecule has 1 saturated carbocycles. The van der Waals surface area contributed by atoms with Crippen LogP contribution >= 0.6 is 0 Å². The van der Waals surface area contributed by atoms with Gasteiger partial charge in [-0.15, -0.1) is 0 Å². The van der Waals surface area contributed by atoms with Gasteiger partial charge in [0.2, 0.25) is 0 Å². The lowest BCUT2D eigenvalue weighted by molar-refractivity contribution is -0.0344. The maximum Gasteiger partial charge on any atom is 0.0603 e. The zero-order valence-electron chi connectivity index (χ0n) is 10.2. The number of hydrogen-bond acceptors (Lipinski definition) is 1. The minimum atomic E-state index is 0.626. The maximum atomic E-state index is 5.91. The van der Waals surface area contributed by atoms with E-state index in [4.69, 9.17) is 4.74 Å². The van der Waals surface area contributed by atoms with Crippen LogP contribution in [0.4, 0.5) is 0 Å². The molecule has 0 aromatic heterocycles. The molecule has 0 N–H and O–H groups in total. The summed E-state index contributed by atoms with van der Waals surface area (Å²) in [6.45, 7) is 3.34. The molecule has 15 heavy (non-hydrogen) atoms. The van der Waals surface area contributed by atoms with Gasteiger partial charge in [0.05, 0.1) is 6.10 Å². The first-order chi connectivity index (χ1) is 7.40. The van der Waals surface area contributed by atoms with E-state index >= 15 is 0 Å². The minimum absolute atomic E-state index is 0.626. The summed E-state index contributed by atoms with van der Waals surface area (Å²) in [5.74, 6) is 1.94. The summed E-state index contributed by atoms with van der Waals surface area (Å²) < 4.78 is 5.91. The van der Waals surface area contributed by atoms with E-state index in [9.17, 15) is 0 Å². The van der Waals surface area contributed by atoms with E-state index < -0.39 is 0 Å². The summed E-state index contributed by atoms with van der Waals surface area (Å²) in [5.41, 5.74) is 0. The lowest BCUT2D eigenvalue weighted by Crippen LogP contribution is -2.31. The van der Waals surface area contributed by atoms with Gasteiger partial charge in [0, 0.05) is 6.61 Å². The SMILES string of the molecule is CCCC1CCC(C2CCCCO2)CC1. The van der Waals surface area contributed by atoms with Crippen molar-refractivity contribution < 1.29 is 4.74 Å². The first-order valence-corrected chi connectivity index (χ1v) is 7.01. The van der Waals surface area contributed by atoms with Crippen LogP contribution in [-0.4, -0.2) is 12.7 Å². The lowest BCUT2D eigenvalue weighted by Gasteiger charge is -2.35. The van der Waals surface area contributed by atoms with Crippen LogP contribution in [0.15, 0.2) is 0 Å². The fraction of sp³-hybridized carbons (Fsp3) is 1.00. The minimum Gasteiger partial charge on any atom is -0.378 e. The molecule has 1 aliphatic carbocycles. The van der Waals surface area contributed by atoms with Gasteiger partial charge in [0.15, 0.2) is 0 Å². The Hall–Kier alpha value is -0.0400. The first kappa shape index (κ1) is 11.4. The highest BCUT2D eigenvalue weighted by molar-refractivity contribution is 4.79. The highest BCUT2D eigenvalue weighted by Gasteiger charge is 2.28. The molecule has 0 aromatic carbocycles. The van der Waals surface area contributed by atoms with Gasteiger partial charge in [-0.3, -0.25) is 0 Å². The highest BCUT2D eigenvalue weighted by atomic mass is 16.5. The lowest BCUT2D eigenvalue weighted by atomic mass is 9.76. The third kappa shape index (κ3) is 3.21. The van der Waals surface area contributed by atoms with Crippen molar-refractivity contribution in [3.63, 3.8) is 0 Å². The average Bonchev–Trinajstić information content (AvgIpc) is 2.32. The fourth-order valence-corrected chi connectivity index (χ4v) is 3.39. The van der Waals surface area contributed by atoms with Crippen LogP contribution in [0.25, 0.3) is 0 Å². The summed E-state index contributed by atoms with van der Waals surface area (Å²) in [7, 11) is 0. The van der Waals surface area contributed by atoms with Crippen molar-refractivity contribution in [2.45, 2.75) is 70.8 Å². The van der Waals surface area contributed by atoms with Crippen LogP contribution in [0.1, 0.15) is 64.7 Å². The van der Waals surface area contributed by atoms with E-state index in [0.29, 0.717) is 6.10 Å². The predicted molar refractivity (Wildman–Crippen MR) is 63.9 cm³/mol. The van der Waals surface area contributed by atoms with Gasteiger partial charge < -0.3 is 4.74 Å². The van der Waals surface area contributed by atoms with Crippen LogP contribution < -0.4 is 0 Å². The van der Waals surface area contributed by atoms with Crippen molar-refractivity contribution in [3.8, 4) is 0 Å². The van der Waals surface area contributed by atoms with E-state index in [1.54, 1.807) is 0 Å². The molecule has 0 aromatic rings. The van der Waals surface area contributed by atoms with Gasteiger partial charge in [0.1, 0.15) is 0 Å². The topological polar surface area (TPSA) is 9.23 Å². The van der Waals surface area contributed by atoms with E-state index in [1.165, 1.54) is 57.8 Å². The van der Waals surface area contributed by atoms with Gasteiger partial charge in [0.25, 0.3) is 0 Å². The molecule has 1 heterocycles.